The molecule has 0 radical (unpaired) electrons. The minimum Gasteiger partial charge on any atom is -0.490 e. The number of hydrogen-bond donors (Lipinski definition) is 0. The summed E-state index contributed by atoms with van der Waals surface area (Å²) in [7, 11) is 0. The molecule has 0 N–H and O–H groups in total. The first-order valence-corrected chi connectivity index (χ1v) is 6.02. The molecule has 0 saturated heterocycles. The molecule has 1 aliphatic heterocycles. The number of ether oxygens (including phenoxy) is 1. The molecule has 2 rings (SSSR count). The molecule has 21 heavy (non-hydrogen) atoms. The fraction of sp³-hybridized carbons (Fsp3) is 0.500. The van der Waals surface area contributed by atoms with Crippen molar-refractivity contribution in [1.29, 1.82) is 5.26 Å². The molecule has 0 bridgehead atoms. The smallest absolute Gasteiger partial charge is 0.252 e. The van der Waals surface area contributed by atoms with Crippen LogP contribution in [0.1, 0.15) is 30.5 Å². The number of aromatic nitrogens is 1. The van der Waals surface area contributed by atoms with Crippen molar-refractivity contribution in [3.8, 4) is 11.8 Å². The number of fused-ring (bicyclic) bond motifs is 1. The minimum absolute atomic E-state index is 0.0442. The molecule has 1 amide bonds. The van der Waals surface area contributed by atoms with E-state index in [1.807, 2.05) is 0 Å². The summed E-state index contributed by atoms with van der Waals surface area (Å²) in [5.74, 6) is -1.55. The molecule has 1 aliphatic rings. The Morgan fingerprint density at radius 1 is 1.62 bits per heavy atom. The Hall–Kier alpha value is -2.23. The van der Waals surface area contributed by atoms with E-state index in [1.54, 1.807) is 6.07 Å². The molecule has 0 spiro atoms. The second-order valence-electron chi connectivity index (χ2n) is 5.02. The van der Waals surface area contributed by atoms with Gasteiger partial charge in [-0.05, 0) is 13.8 Å². The highest BCUT2D eigenvalue weighted by Crippen LogP contribution is 2.31. The van der Waals surface area contributed by atoms with E-state index < -0.39 is 37.3 Å². The van der Waals surface area contributed by atoms with Crippen LogP contribution >= 0.6 is 0 Å². The van der Waals surface area contributed by atoms with E-state index in [-0.39, 0.29) is 16.9 Å². The van der Waals surface area contributed by atoms with Gasteiger partial charge in [-0.15, -0.1) is 0 Å². The average Bonchev–Trinajstić information content (AvgIpc) is 2.59. The van der Waals surface area contributed by atoms with Crippen LogP contribution in [-0.2, 0) is 11.3 Å². The SMILES string of the molecule is [2H]C1([2H])Oc2c(C#N)cncc2CN(C(=O)C(C)(C)C(F)F)C1([2H])[2H]. The van der Waals surface area contributed by atoms with Gasteiger partial charge in [-0.1, -0.05) is 0 Å². The van der Waals surface area contributed by atoms with Crippen molar-refractivity contribution >= 4 is 5.91 Å². The van der Waals surface area contributed by atoms with Crippen LogP contribution in [0.5, 0.6) is 5.75 Å². The van der Waals surface area contributed by atoms with E-state index in [0.717, 1.165) is 20.0 Å². The highest BCUT2D eigenvalue weighted by molar-refractivity contribution is 5.82. The predicted octanol–water partition coefficient (Wildman–Crippen LogP) is 1.97. The number of alkyl halides is 2. The minimum atomic E-state index is -3.09. The first-order valence-electron chi connectivity index (χ1n) is 8.02. The third-order valence-electron chi connectivity index (χ3n) is 3.09. The summed E-state index contributed by atoms with van der Waals surface area (Å²) in [6, 6.07) is 1.74. The number of nitriles is 1. The lowest BCUT2D eigenvalue weighted by molar-refractivity contribution is -0.149. The predicted molar refractivity (Wildman–Crippen MR) is 69.6 cm³/mol. The lowest BCUT2D eigenvalue weighted by Crippen LogP contribution is -2.45. The van der Waals surface area contributed by atoms with Crippen molar-refractivity contribution in [2.45, 2.75) is 26.8 Å². The van der Waals surface area contributed by atoms with Gasteiger partial charge < -0.3 is 9.64 Å². The maximum atomic E-state index is 13.2. The van der Waals surface area contributed by atoms with Crippen LogP contribution in [0.2, 0.25) is 0 Å². The molecule has 5 nitrogen and oxygen atoms in total. The monoisotopic (exact) mass is 299 g/mol. The Bertz CT molecular complexity index is 750. The highest BCUT2D eigenvalue weighted by Gasteiger charge is 2.41. The fourth-order valence-electron chi connectivity index (χ4n) is 1.71. The van der Waals surface area contributed by atoms with Crippen LogP contribution in [0.15, 0.2) is 12.4 Å². The molecule has 0 fully saturated rings. The second-order valence-corrected chi connectivity index (χ2v) is 5.02. The Morgan fingerprint density at radius 2 is 2.33 bits per heavy atom. The number of pyridine rings is 1. The summed E-state index contributed by atoms with van der Waals surface area (Å²) in [6.45, 7) is -4.83. The van der Waals surface area contributed by atoms with Gasteiger partial charge in [-0.2, -0.15) is 5.26 Å². The molecular weight excluding hydrogens is 280 g/mol. The zero-order valence-electron chi connectivity index (χ0n) is 15.4. The van der Waals surface area contributed by atoms with Crippen molar-refractivity contribution < 1.29 is 23.8 Å². The maximum Gasteiger partial charge on any atom is 0.252 e. The van der Waals surface area contributed by atoms with Crippen LogP contribution < -0.4 is 4.74 Å². The third kappa shape index (κ3) is 2.79. The number of carbonyl (C=O) groups is 1. The van der Waals surface area contributed by atoms with Gasteiger partial charge in [0.05, 0.1) is 18.5 Å². The molecule has 2 heterocycles. The number of hydrogen-bond acceptors (Lipinski definition) is 4. The first kappa shape index (κ1) is 10.5. The molecule has 7 heteroatoms. The topological polar surface area (TPSA) is 66.2 Å². The lowest BCUT2D eigenvalue weighted by atomic mass is 9.92. The molecule has 0 unspecified atom stereocenters. The third-order valence-corrected chi connectivity index (χ3v) is 3.09. The van der Waals surface area contributed by atoms with E-state index >= 15 is 0 Å². The molecule has 112 valence electrons. The quantitative estimate of drug-likeness (QED) is 0.837. The number of nitrogens with zero attached hydrogens (tertiary/aromatic N) is 3. The van der Waals surface area contributed by atoms with Gasteiger partial charge in [0.1, 0.15) is 29.4 Å². The molecule has 0 aromatic carbocycles. The Kier molecular flexibility index (Phi) is 2.82. The molecule has 1 aromatic rings. The Balaban J connectivity index is 2.64. The summed E-state index contributed by atoms with van der Waals surface area (Å²) >= 11 is 0. The van der Waals surface area contributed by atoms with Crippen molar-refractivity contribution in [1.82, 2.24) is 9.88 Å². The van der Waals surface area contributed by atoms with Crippen molar-refractivity contribution in [2.24, 2.45) is 5.41 Å². The van der Waals surface area contributed by atoms with Crippen LogP contribution in [0.4, 0.5) is 8.78 Å². The Morgan fingerprint density at radius 3 is 2.95 bits per heavy atom. The van der Waals surface area contributed by atoms with Crippen molar-refractivity contribution in [3.63, 3.8) is 0 Å². The summed E-state index contributed by atoms with van der Waals surface area (Å²) in [5, 5.41) is 9.10. The summed E-state index contributed by atoms with van der Waals surface area (Å²) in [4.78, 5) is 16.7. The van der Waals surface area contributed by atoms with E-state index in [1.165, 1.54) is 6.20 Å². The van der Waals surface area contributed by atoms with Gasteiger partial charge >= 0.3 is 0 Å². The fourth-order valence-corrected chi connectivity index (χ4v) is 1.71. The van der Waals surface area contributed by atoms with E-state index in [4.69, 9.17) is 15.5 Å². The van der Waals surface area contributed by atoms with Crippen LogP contribution in [0.3, 0.4) is 0 Å². The summed E-state index contributed by atoms with van der Waals surface area (Å²) < 4.78 is 63.2. The van der Waals surface area contributed by atoms with Crippen LogP contribution in [-0.4, -0.2) is 35.3 Å². The second kappa shape index (κ2) is 5.64. The van der Waals surface area contributed by atoms with E-state index in [2.05, 4.69) is 4.98 Å². The largest absolute Gasteiger partial charge is 0.490 e. The van der Waals surface area contributed by atoms with Crippen molar-refractivity contribution in [2.75, 3.05) is 13.1 Å². The zero-order chi connectivity index (χ0) is 19.2. The van der Waals surface area contributed by atoms with E-state index in [0.29, 0.717) is 4.90 Å². The Labute approximate surface area is 126 Å². The average molecular weight is 299 g/mol. The van der Waals surface area contributed by atoms with Crippen LogP contribution in [0.25, 0.3) is 0 Å². The van der Waals surface area contributed by atoms with Gasteiger partial charge in [0, 0.05) is 18.0 Å². The number of rotatable bonds is 2. The van der Waals surface area contributed by atoms with Gasteiger partial charge in [-0.3, -0.25) is 9.78 Å². The maximum absolute atomic E-state index is 13.2. The number of carbonyl (C=O) groups excluding carboxylic acids is 1. The number of halogens is 2. The normalized spacial score (nSPS) is 22.6. The standard InChI is InChI=1S/C14H15F2N3O2/c1-14(2,12(15)16)13(20)19-3-4-21-11-9(5-17)6-18-7-10(11)8-19/h6-7,12H,3-4,8H2,1-2H3/i3D2,4D2. The highest BCUT2D eigenvalue weighted by atomic mass is 19.3. The van der Waals surface area contributed by atoms with Gasteiger partial charge in [0.15, 0.2) is 0 Å². The van der Waals surface area contributed by atoms with Gasteiger partial charge in [-0.25, -0.2) is 8.78 Å². The van der Waals surface area contributed by atoms with Gasteiger partial charge in [0.2, 0.25) is 5.91 Å². The van der Waals surface area contributed by atoms with Crippen LogP contribution in [0, 0.1) is 16.7 Å². The number of amides is 1. The zero-order valence-corrected chi connectivity index (χ0v) is 11.4. The first-order chi connectivity index (χ1) is 11.4. The summed E-state index contributed by atoms with van der Waals surface area (Å²) in [6.07, 6.45) is -0.817. The molecule has 0 saturated carbocycles. The molecule has 0 atom stereocenters. The molecule has 0 aliphatic carbocycles. The molecule has 1 aromatic heterocycles. The van der Waals surface area contributed by atoms with E-state index in [9.17, 15) is 13.6 Å². The molecular formula is C14H15F2N3O2. The summed E-state index contributed by atoms with van der Waals surface area (Å²) in [5.41, 5.74) is -2.35. The van der Waals surface area contributed by atoms with Crippen molar-refractivity contribution in [3.05, 3.63) is 23.5 Å². The lowest BCUT2D eigenvalue weighted by Gasteiger charge is -2.30. The van der Waals surface area contributed by atoms with Gasteiger partial charge in [0.25, 0.3) is 6.43 Å².